The molecule has 0 saturated carbocycles. The third kappa shape index (κ3) is 3.64. The molecule has 0 saturated heterocycles. The first kappa shape index (κ1) is 18.2. The standard InChI is InChI=1S/C19H14Cl2FN3O/c1-10-2-8-14(21)16(17(10)22)13-7-9-15(24-18(13)23)25-19(26)11-3-5-12(20)6-4-11/h2-9H,1H3,(H3,23,24,25,26)/p+1. The van der Waals surface area contributed by atoms with Crippen molar-refractivity contribution >= 4 is 40.7 Å². The highest BCUT2D eigenvalue weighted by Crippen LogP contribution is 2.34. The minimum atomic E-state index is -0.435. The molecule has 3 rings (SSSR count). The Bertz CT molecular complexity index is 991. The van der Waals surface area contributed by atoms with E-state index >= 15 is 0 Å². The number of halogens is 3. The van der Waals surface area contributed by atoms with Crippen LogP contribution in [0.2, 0.25) is 10.0 Å². The van der Waals surface area contributed by atoms with E-state index in [1.54, 1.807) is 55.5 Å². The van der Waals surface area contributed by atoms with Crippen LogP contribution in [0.15, 0.2) is 48.5 Å². The largest absolute Gasteiger partial charge is 0.318 e. The summed E-state index contributed by atoms with van der Waals surface area (Å²) < 4.78 is 14.5. The maximum atomic E-state index is 14.5. The molecule has 3 aromatic rings. The number of benzene rings is 2. The highest BCUT2D eigenvalue weighted by atomic mass is 35.5. The average molecular weight is 391 g/mol. The maximum Gasteiger partial charge on any atom is 0.311 e. The van der Waals surface area contributed by atoms with Gasteiger partial charge in [0.15, 0.2) is 0 Å². The van der Waals surface area contributed by atoms with Crippen LogP contribution < -0.4 is 16.0 Å². The van der Waals surface area contributed by atoms with E-state index < -0.39 is 5.82 Å². The Labute approximate surface area is 159 Å². The molecule has 0 unspecified atom stereocenters. The highest BCUT2D eigenvalue weighted by molar-refractivity contribution is 6.33. The number of hydrogen-bond donors (Lipinski definition) is 2. The lowest BCUT2D eigenvalue weighted by atomic mass is 10.0. The summed E-state index contributed by atoms with van der Waals surface area (Å²) in [5.41, 5.74) is 7.57. The number of nitrogens with two attached hydrogens (primary N) is 1. The van der Waals surface area contributed by atoms with Crippen LogP contribution in [0.25, 0.3) is 11.1 Å². The fraction of sp³-hybridized carbons (Fsp3) is 0.0526. The van der Waals surface area contributed by atoms with Gasteiger partial charge in [0.1, 0.15) is 5.82 Å². The zero-order valence-electron chi connectivity index (χ0n) is 13.7. The van der Waals surface area contributed by atoms with Gasteiger partial charge in [-0.2, -0.15) is 0 Å². The van der Waals surface area contributed by atoms with Gasteiger partial charge in [0.25, 0.3) is 0 Å². The number of aryl methyl sites for hydroxylation is 1. The lowest BCUT2D eigenvalue weighted by Crippen LogP contribution is -2.22. The van der Waals surface area contributed by atoms with Gasteiger partial charge in [0, 0.05) is 16.7 Å². The van der Waals surface area contributed by atoms with Gasteiger partial charge in [-0.05, 0) is 48.9 Å². The van der Waals surface area contributed by atoms with E-state index in [0.29, 0.717) is 27.5 Å². The molecule has 0 bridgehead atoms. The molecule has 7 heteroatoms. The van der Waals surface area contributed by atoms with Gasteiger partial charge in [0.2, 0.25) is 11.6 Å². The fourth-order valence-corrected chi connectivity index (χ4v) is 2.87. The molecule has 26 heavy (non-hydrogen) atoms. The quantitative estimate of drug-likeness (QED) is 0.676. The van der Waals surface area contributed by atoms with Crippen molar-refractivity contribution in [2.45, 2.75) is 6.92 Å². The van der Waals surface area contributed by atoms with E-state index in [2.05, 4.69) is 10.3 Å². The molecule has 4 N–H and O–H groups in total. The Morgan fingerprint density at radius 3 is 2.42 bits per heavy atom. The van der Waals surface area contributed by atoms with Gasteiger partial charge in [-0.3, -0.25) is 4.79 Å². The van der Waals surface area contributed by atoms with Crippen molar-refractivity contribution in [3.63, 3.8) is 0 Å². The molecule has 0 spiro atoms. The van der Waals surface area contributed by atoms with Gasteiger partial charge >= 0.3 is 5.91 Å². The number of hydrogen-bond acceptors (Lipinski definition) is 2. The van der Waals surface area contributed by atoms with Crippen LogP contribution in [0.5, 0.6) is 0 Å². The van der Waals surface area contributed by atoms with Crippen LogP contribution in [-0.4, -0.2) is 5.91 Å². The minimum Gasteiger partial charge on any atom is -0.318 e. The summed E-state index contributed by atoms with van der Waals surface area (Å²) in [6, 6.07) is 12.9. The number of carbonyl (C=O) groups is 1. The summed E-state index contributed by atoms with van der Waals surface area (Å²) in [4.78, 5) is 15.1. The monoisotopic (exact) mass is 390 g/mol. The highest BCUT2D eigenvalue weighted by Gasteiger charge is 2.19. The summed E-state index contributed by atoms with van der Waals surface area (Å²) in [6.07, 6.45) is 0. The van der Waals surface area contributed by atoms with E-state index in [1.165, 1.54) is 0 Å². The molecule has 4 nitrogen and oxygen atoms in total. The number of pyridine rings is 1. The topological polar surface area (TPSA) is 69.3 Å². The summed E-state index contributed by atoms with van der Waals surface area (Å²) in [5.74, 6) is -0.207. The van der Waals surface area contributed by atoms with Gasteiger partial charge in [-0.15, -0.1) is 0 Å². The van der Waals surface area contributed by atoms with Crippen molar-refractivity contribution in [1.29, 1.82) is 0 Å². The Morgan fingerprint density at radius 1 is 1.08 bits per heavy atom. The zero-order valence-corrected chi connectivity index (χ0v) is 15.3. The summed E-state index contributed by atoms with van der Waals surface area (Å²) in [7, 11) is 0. The first-order valence-corrected chi connectivity index (χ1v) is 8.46. The lowest BCUT2D eigenvalue weighted by molar-refractivity contribution is -0.342. The molecule has 132 valence electrons. The third-order valence-electron chi connectivity index (χ3n) is 3.88. The molecule has 1 heterocycles. The van der Waals surface area contributed by atoms with E-state index in [-0.39, 0.29) is 22.3 Å². The molecule has 1 aromatic heterocycles. The van der Waals surface area contributed by atoms with Crippen LogP contribution in [0.3, 0.4) is 0 Å². The number of H-pyrrole nitrogens is 1. The average Bonchev–Trinajstić information content (AvgIpc) is 2.61. The number of rotatable bonds is 3. The number of carbonyl (C=O) groups excluding carboxylic acids is 1. The Kier molecular flexibility index (Phi) is 5.11. The first-order chi connectivity index (χ1) is 12.4. The third-order valence-corrected chi connectivity index (χ3v) is 4.45. The fourth-order valence-electron chi connectivity index (χ4n) is 2.50. The van der Waals surface area contributed by atoms with Crippen molar-refractivity contribution in [3.05, 3.63) is 75.5 Å². The zero-order chi connectivity index (χ0) is 18.8. The summed E-state index contributed by atoms with van der Waals surface area (Å²) in [6.45, 7) is 1.65. The van der Waals surface area contributed by atoms with E-state index in [0.717, 1.165) is 0 Å². The number of nitrogen functional groups attached to an aromatic ring is 1. The summed E-state index contributed by atoms with van der Waals surface area (Å²) in [5, 5.41) is 3.49. The second-order valence-electron chi connectivity index (χ2n) is 5.71. The number of nitrogens with one attached hydrogen (secondary N) is 2. The number of amides is 1. The Morgan fingerprint density at radius 2 is 1.77 bits per heavy atom. The molecule has 0 atom stereocenters. The van der Waals surface area contributed by atoms with Gasteiger partial charge in [0.05, 0.1) is 16.1 Å². The summed E-state index contributed by atoms with van der Waals surface area (Å²) >= 11 is 11.9. The minimum absolute atomic E-state index is 0.185. The van der Waals surface area contributed by atoms with Crippen LogP contribution in [0, 0.1) is 12.7 Å². The molecular formula is C19H15Cl2FN3O+. The van der Waals surface area contributed by atoms with E-state index in [1.807, 2.05) is 0 Å². The Hall–Kier alpha value is -2.63. The number of anilines is 2. The van der Waals surface area contributed by atoms with Gasteiger partial charge in [-0.25, -0.2) is 14.7 Å². The number of aromatic nitrogens is 1. The van der Waals surface area contributed by atoms with Crippen molar-refractivity contribution in [2.75, 3.05) is 11.1 Å². The van der Waals surface area contributed by atoms with E-state index in [9.17, 15) is 9.18 Å². The predicted molar refractivity (Wildman–Crippen MR) is 102 cm³/mol. The molecule has 0 fully saturated rings. The van der Waals surface area contributed by atoms with Gasteiger partial charge in [-0.1, -0.05) is 29.3 Å². The molecule has 1 amide bonds. The first-order valence-electron chi connectivity index (χ1n) is 7.70. The normalized spacial score (nSPS) is 10.6. The number of aromatic amines is 1. The van der Waals surface area contributed by atoms with E-state index in [4.69, 9.17) is 28.9 Å². The van der Waals surface area contributed by atoms with Crippen LogP contribution in [-0.2, 0) is 0 Å². The second-order valence-corrected chi connectivity index (χ2v) is 6.56. The van der Waals surface area contributed by atoms with Crippen molar-refractivity contribution in [3.8, 4) is 11.1 Å². The smallest absolute Gasteiger partial charge is 0.311 e. The maximum absolute atomic E-state index is 14.5. The molecular weight excluding hydrogens is 376 g/mol. The predicted octanol–water partition coefficient (Wildman–Crippen LogP) is 4.76. The van der Waals surface area contributed by atoms with Gasteiger partial charge < -0.3 is 5.73 Å². The molecule has 2 aromatic carbocycles. The van der Waals surface area contributed by atoms with Crippen molar-refractivity contribution in [2.24, 2.45) is 0 Å². The van der Waals surface area contributed by atoms with Crippen LogP contribution >= 0.6 is 23.2 Å². The SMILES string of the molecule is Cc1ccc(Cl)c(-c2ccc(NC(=O)c3ccc(Cl)cc3)[nH+]c2N)c1F. The Balaban J connectivity index is 1.90. The lowest BCUT2D eigenvalue weighted by Gasteiger charge is -2.10. The molecule has 0 aliphatic heterocycles. The molecule has 0 aliphatic rings. The second kappa shape index (κ2) is 7.32. The molecule has 0 aliphatic carbocycles. The molecule has 0 radical (unpaired) electrons. The van der Waals surface area contributed by atoms with Crippen LogP contribution in [0.4, 0.5) is 16.0 Å². The van der Waals surface area contributed by atoms with Crippen molar-refractivity contribution in [1.82, 2.24) is 0 Å². The van der Waals surface area contributed by atoms with Crippen LogP contribution in [0.1, 0.15) is 15.9 Å². The van der Waals surface area contributed by atoms with Crippen molar-refractivity contribution < 1.29 is 14.2 Å².